The largest absolute Gasteiger partial charge is 0.508 e. The highest BCUT2D eigenvalue weighted by Crippen LogP contribution is 2.64. The van der Waals surface area contributed by atoms with Crippen molar-refractivity contribution in [2.75, 3.05) is 0 Å². The maximum atomic E-state index is 11.6. The van der Waals surface area contributed by atoms with Gasteiger partial charge >= 0.3 is 0 Å². The number of rotatable bonds is 4. The molecule has 0 heterocycles. The summed E-state index contributed by atoms with van der Waals surface area (Å²) in [4.78, 5) is 0. The maximum Gasteiger partial charge on any atom is 0.115 e. The van der Waals surface area contributed by atoms with Gasteiger partial charge in [-0.1, -0.05) is 50.2 Å². The summed E-state index contributed by atoms with van der Waals surface area (Å²) in [6.45, 7) is 5.05. The van der Waals surface area contributed by atoms with Crippen LogP contribution in [0, 0.1) is 17.3 Å². The number of aromatic hydroxyl groups is 1. The van der Waals surface area contributed by atoms with Gasteiger partial charge in [-0.15, -0.1) is 0 Å². The molecule has 0 aromatic heterocycles. The smallest absolute Gasteiger partial charge is 0.115 e. The normalized spacial score (nSPS) is 37.3. The Bertz CT molecular complexity index is 910. The summed E-state index contributed by atoms with van der Waals surface area (Å²) < 4.78 is 6.58. The summed E-state index contributed by atoms with van der Waals surface area (Å²) >= 11 is 0. The highest BCUT2D eigenvalue weighted by atomic mass is 16.5. The Hall–Kier alpha value is -1.84. The molecule has 30 heavy (non-hydrogen) atoms. The van der Waals surface area contributed by atoms with E-state index in [9.17, 15) is 10.2 Å². The first kappa shape index (κ1) is 20.1. The SMILES string of the molecule is CCC1(OCc2ccccc2)C[C@H]2[C@@H]3CCc4cc(O)ccc4[C@H]3CC[C@]2(C)[C@@H]1O. The first-order valence-corrected chi connectivity index (χ1v) is 11.6. The van der Waals surface area contributed by atoms with Gasteiger partial charge in [-0.3, -0.25) is 0 Å². The van der Waals surface area contributed by atoms with Crippen LogP contribution >= 0.6 is 0 Å². The summed E-state index contributed by atoms with van der Waals surface area (Å²) in [5.74, 6) is 1.98. The molecule has 0 aliphatic heterocycles. The Morgan fingerprint density at radius 3 is 2.67 bits per heavy atom. The Balaban J connectivity index is 1.43. The lowest BCUT2D eigenvalue weighted by atomic mass is 9.55. The third-order valence-corrected chi connectivity index (χ3v) is 8.80. The summed E-state index contributed by atoms with van der Waals surface area (Å²) in [7, 11) is 0. The number of benzene rings is 2. The Morgan fingerprint density at radius 2 is 1.90 bits per heavy atom. The van der Waals surface area contributed by atoms with Gasteiger partial charge in [0.25, 0.3) is 0 Å². The van der Waals surface area contributed by atoms with Crippen LogP contribution in [0.1, 0.15) is 68.6 Å². The van der Waals surface area contributed by atoms with Crippen molar-refractivity contribution < 1.29 is 14.9 Å². The number of hydrogen-bond acceptors (Lipinski definition) is 3. The van der Waals surface area contributed by atoms with E-state index in [2.05, 4.69) is 32.0 Å². The molecule has 2 aromatic rings. The van der Waals surface area contributed by atoms with Crippen molar-refractivity contribution >= 4 is 0 Å². The summed E-state index contributed by atoms with van der Waals surface area (Å²) in [5, 5.41) is 21.5. The minimum atomic E-state index is -0.459. The lowest BCUT2D eigenvalue weighted by molar-refractivity contribution is -0.143. The van der Waals surface area contributed by atoms with E-state index in [0.717, 1.165) is 38.5 Å². The quantitative estimate of drug-likeness (QED) is 0.696. The fraction of sp³-hybridized carbons (Fsp3) is 0.556. The first-order valence-electron chi connectivity index (χ1n) is 11.6. The van der Waals surface area contributed by atoms with Crippen LogP contribution in [0.25, 0.3) is 0 Å². The number of aliphatic hydroxyl groups is 1. The first-order chi connectivity index (χ1) is 14.5. The van der Waals surface area contributed by atoms with Crippen LogP contribution in [0.5, 0.6) is 5.75 Å². The number of aliphatic hydroxyl groups excluding tert-OH is 1. The number of fused-ring (bicyclic) bond motifs is 5. The van der Waals surface area contributed by atoms with Crippen molar-refractivity contribution in [3.05, 3.63) is 65.2 Å². The van der Waals surface area contributed by atoms with Gasteiger partial charge in [0, 0.05) is 0 Å². The van der Waals surface area contributed by atoms with E-state index in [4.69, 9.17) is 4.74 Å². The van der Waals surface area contributed by atoms with Crippen LogP contribution in [-0.4, -0.2) is 21.9 Å². The Kier molecular flexibility index (Phi) is 4.95. The number of hydrogen-bond donors (Lipinski definition) is 2. The standard InChI is InChI=1S/C27H34O3/c1-3-27(30-17-18-7-5-4-6-8-18)16-24-23-11-9-19-15-20(28)10-12-21(19)22(23)13-14-26(24,2)25(27)29/h4-8,10,12,15,22-25,28-29H,3,9,11,13-14,16-17H2,1-2H3/t22-,23-,24+,25+,26+,27?/m1/s1. The molecule has 1 unspecified atom stereocenters. The second-order valence-electron chi connectivity index (χ2n) is 10.1. The van der Waals surface area contributed by atoms with E-state index in [1.165, 1.54) is 16.7 Å². The van der Waals surface area contributed by atoms with Crippen molar-refractivity contribution in [2.45, 2.75) is 76.6 Å². The molecule has 3 heteroatoms. The second kappa shape index (κ2) is 7.39. The van der Waals surface area contributed by atoms with E-state index in [1.807, 2.05) is 30.3 Å². The number of phenols is 1. The van der Waals surface area contributed by atoms with E-state index < -0.39 is 11.7 Å². The van der Waals surface area contributed by atoms with Gasteiger partial charge in [0.05, 0.1) is 18.3 Å². The fourth-order valence-electron chi connectivity index (χ4n) is 7.10. The van der Waals surface area contributed by atoms with E-state index in [-0.39, 0.29) is 5.41 Å². The van der Waals surface area contributed by atoms with Crippen molar-refractivity contribution in [3.63, 3.8) is 0 Å². The third-order valence-electron chi connectivity index (χ3n) is 8.80. The molecule has 5 rings (SSSR count). The average molecular weight is 407 g/mol. The molecule has 0 saturated heterocycles. The summed E-state index contributed by atoms with van der Waals surface area (Å²) in [5.41, 5.74) is 3.38. The predicted molar refractivity (Wildman–Crippen MR) is 118 cm³/mol. The monoisotopic (exact) mass is 406 g/mol. The summed E-state index contributed by atoms with van der Waals surface area (Å²) in [6.07, 6.45) is 5.69. The van der Waals surface area contributed by atoms with E-state index >= 15 is 0 Å². The molecule has 2 N–H and O–H groups in total. The molecule has 160 valence electrons. The van der Waals surface area contributed by atoms with Crippen LogP contribution in [0.4, 0.5) is 0 Å². The lowest BCUT2D eigenvalue weighted by Crippen LogP contribution is -2.48. The summed E-state index contributed by atoms with van der Waals surface area (Å²) in [6, 6.07) is 16.3. The van der Waals surface area contributed by atoms with Gasteiger partial charge in [-0.25, -0.2) is 0 Å². The highest BCUT2D eigenvalue weighted by molar-refractivity contribution is 5.40. The van der Waals surface area contributed by atoms with Crippen molar-refractivity contribution in [2.24, 2.45) is 17.3 Å². The van der Waals surface area contributed by atoms with Crippen LogP contribution in [0.2, 0.25) is 0 Å². The zero-order valence-electron chi connectivity index (χ0n) is 18.2. The minimum Gasteiger partial charge on any atom is -0.508 e. The molecule has 0 radical (unpaired) electrons. The van der Waals surface area contributed by atoms with Gasteiger partial charge in [0.15, 0.2) is 0 Å². The van der Waals surface area contributed by atoms with Crippen molar-refractivity contribution in [3.8, 4) is 5.75 Å². The molecular weight excluding hydrogens is 372 g/mol. The van der Waals surface area contributed by atoms with Gasteiger partial charge in [0.2, 0.25) is 0 Å². The molecule has 6 atom stereocenters. The van der Waals surface area contributed by atoms with Crippen LogP contribution in [0.15, 0.2) is 48.5 Å². The molecule has 0 spiro atoms. The number of phenolic OH excluding ortho intramolecular Hbond substituents is 1. The molecular formula is C27H34O3. The van der Waals surface area contributed by atoms with Gasteiger partial charge in [0.1, 0.15) is 5.75 Å². The molecule has 0 amide bonds. The molecule has 2 fully saturated rings. The average Bonchev–Trinajstić information content (AvgIpc) is 3.00. The number of aryl methyl sites for hydroxylation is 1. The molecule has 2 aromatic carbocycles. The van der Waals surface area contributed by atoms with Crippen LogP contribution < -0.4 is 0 Å². The third kappa shape index (κ3) is 3.01. The molecule has 3 nitrogen and oxygen atoms in total. The molecule has 3 aliphatic rings. The maximum absolute atomic E-state index is 11.6. The zero-order chi connectivity index (χ0) is 20.9. The molecule has 2 saturated carbocycles. The predicted octanol–water partition coefficient (Wildman–Crippen LogP) is 5.58. The van der Waals surface area contributed by atoms with Crippen LogP contribution in [0.3, 0.4) is 0 Å². The zero-order valence-corrected chi connectivity index (χ0v) is 18.2. The molecule has 0 bridgehead atoms. The lowest BCUT2D eigenvalue weighted by Gasteiger charge is -2.50. The molecule has 3 aliphatic carbocycles. The Morgan fingerprint density at radius 1 is 1.10 bits per heavy atom. The van der Waals surface area contributed by atoms with Gasteiger partial charge in [-0.2, -0.15) is 0 Å². The number of ether oxygens (including phenoxy) is 1. The van der Waals surface area contributed by atoms with Gasteiger partial charge in [-0.05, 0) is 90.5 Å². The van der Waals surface area contributed by atoms with Crippen molar-refractivity contribution in [1.29, 1.82) is 0 Å². The topological polar surface area (TPSA) is 49.7 Å². The van der Waals surface area contributed by atoms with E-state index in [1.54, 1.807) is 0 Å². The minimum absolute atomic E-state index is 0.0811. The van der Waals surface area contributed by atoms with Crippen LogP contribution in [-0.2, 0) is 17.8 Å². The van der Waals surface area contributed by atoms with Gasteiger partial charge < -0.3 is 14.9 Å². The van der Waals surface area contributed by atoms with Crippen molar-refractivity contribution in [1.82, 2.24) is 0 Å². The van der Waals surface area contributed by atoms with E-state index in [0.29, 0.717) is 30.1 Å². The second-order valence-corrected chi connectivity index (χ2v) is 10.1. The fourth-order valence-corrected chi connectivity index (χ4v) is 7.10. The highest BCUT2D eigenvalue weighted by Gasteiger charge is 2.63. The Labute approximate surface area is 180 Å².